The average molecular weight is 211 g/mol. The molecular formula is C11H21N3O. The Labute approximate surface area is 91.4 Å². The number of carbonyl (C=O) groups excluding carboxylic acids is 1. The van der Waals surface area contributed by atoms with Gasteiger partial charge in [-0.15, -0.1) is 0 Å². The standard InChI is InChI=1S/C11H21N3O/c1-2-14(10-3-4-10)11(15)13-9-5-7-12-8-6-9/h9-10,12H,2-8H2,1H3,(H,13,15). The molecule has 0 aromatic rings. The molecule has 0 atom stereocenters. The lowest BCUT2D eigenvalue weighted by Gasteiger charge is -2.28. The molecule has 1 aliphatic heterocycles. The molecule has 1 saturated heterocycles. The molecule has 2 fully saturated rings. The summed E-state index contributed by atoms with van der Waals surface area (Å²) in [7, 11) is 0. The van der Waals surface area contributed by atoms with Gasteiger partial charge in [-0.05, 0) is 45.7 Å². The van der Waals surface area contributed by atoms with E-state index in [1.54, 1.807) is 0 Å². The fourth-order valence-electron chi connectivity index (χ4n) is 2.18. The van der Waals surface area contributed by atoms with Crippen molar-refractivity contribution in [1.82, 2.24) is 15.5 Å². The van der Waals surface area contributed by atoms with E-state index in [0.717, 1.165) is 32.5 Å². The van der Waals surface area contributed by atoms with Crippen LogP contribution in [0.25, 0.3) is 0 Å². The third kappa shape index (κ3) is 2.84. The lowest BCUT2D eigenvalue weighted by Crippen LogP contribution is -2.49. The van der Waals surface area contributed by atoms with Crippen molar-refractivity contribution >= 4 is 6.03 Å². The van der Waals surface area contributed by atoms with Gasteiger partial charge in [0, 0.05) is 18.6 Å². The van der Waals surface area contributed by atoms with Gasteiger partial charge in [0.05, 0.1) is 0 Å². The van der Waals surface area contributed by atoms with Gasteiger partial charge >= 0.3 is 6.03 Å². The first-order valence-corrected chi connectivity index (χ1v) is 6.09. The summed E-state index contributed by atoms with van der Waals surface area (Å²) < 4.78 is 0. The fraction of sp³-hybridized carbons (Fsp3) is 0.909. The van der Waals surface area contributed by atoms with Crippen LogP contribution in [0.1, 0.15) is 32.6 Å². The second-order valence-corrected chi connectivity index (χ2v) is 4.49. The monoisotopic (exact) mass is 211 g/mol. The van der Waals surface area contributed by atoms with Gasteiger partial charge in [-0.2, -0.15) is 0 Å². The first-order chi connectivity index (χ1) is 7.31. The Morgan fingerprint density at radius 2 is 2.00 bits per heavy atom. The number of carbonyl (C=O) groups is 1. The minimum absolute atomic E-state index is 0.145. The number of rotatable bonds is 3. The van der Waals surface area contributed by atoms with E-state index in [9.17, 15) is 4.79 Å². The fourth-order valence-corrected chi connectivity index (χ4v) is 2.18. The summed E-state index contributed by atoms with van der Waals surface area (Å²) in [5, 5.41) is 6.44. The highest BCUT2D eigenvalue weighted by Crippen LogP contribution is 2.26. The molecule has 1 aliphatic carbocycles. The molecule has 4 heteroatoms. The Kier molecular flexibility index (Phi) is 3.46. The second kappa shape index (κ2) is 4.84. The van der Waals surface area contributed by atoms with Crippen molar-refractivity contribution in [2.24, 2.45) is 0 Å². The summed E-state index contributed by atoms with van der Waals surface area (Å²) in [5.74, 6) is 0. The van der Waals surface area contributed by atoms with Crippen molar-refractivity contribution in [3.05, 3.63) is 0 Å². The van der Waals surface area contributed by atoms with E-state index < -0.39 is 0 Å². The van der Waals surface area contributed by atoms with E-state index in [4.69, 9.17) is 0 Å². The molecular weight excluding hydrogens is 190 g/mol. The van der Waals surface area contributed by atoms with E-state index in [1.807, 2.05) is 4.90 Å². The summed E-state index contributed by atoms with van der Waals surface area (Å²) in [5.41, 5.74) is 0. The molecule has 0 bridgehead atoms. The Balaban J connectivity index is 1.78. The van der Waals surface area contributed by atoms with Crippen molar-refractivity contribution in [1.29, 1.82) is 0 Å². The van der Waals surface area contributed by atoms with Crippen LogP contribution < -0.4 is 10.6 Å². The molecule has 0 unspecified atom stereocenters. The molecule has 1 heterocycles. The highest BCUT2D eigenvalue weighted by atomic mass is 16.2. The topological polar surface area (TPSA) is 44.4 Å². The third-order valence-corrected chi connectivity index (χ3v) is 3.26. The van der Waals surface area contributed by atoms with Gasteiger partial charge < -0.3 is 15.5 Å². The lowest BCUT2D eigenvalue weighted by molar-refractivity contribution is 0.190. The zero-order chi connectivity index (χ0) is 10.7. The Morgan fingerprint density at radius 3 is 2.53 bits per heavy atom. The zero-order valence-electron chi connectivity index (χ0n) is 9.46. The van der Waals surface area contributed by atoms with Crippen molar-refractivity contribution in [3.63, 3.8) is 0 Å². The highest BCUT2D eigenvalue weighted by Gasteiger charge is 2.32. The first-order valence-electron chi connectivity index (χ1n) is 6.09. The summed E-state index contributed by atoms with van der Waals surface area (Å²) in [4.78, 5) is 13.9. The van der Waals surface area contributed by atoms with Gasteiger partial charge in [-0.1, -0.05) is 0 Å². The highest BCUT2D eigenvalue weighted by molar-refractivity contribution is 5.75. The maximum atomic E-state index is 11.9. The van der Waals surface area contributed by atoms with E-state index in [-0.39, 0.29) is 6.03 Å². The van der Waals surface area contributed by atoms with Crippen LogP contribution in [0.3, 0.4) is 0 Å². The van der Waals surface area contributed by atoms with Crippen molar-refractivity contribution < 1.29 is 4.79 Å². The number of nitrogens with zero attached hydrogens (tertiary/aromatic N) is 1. The van der Waals surface area contributed by atoms with E-state index >= 15 is 0 Å². The molecule has 15 heavy (non-hydrogen) atoms. The summed E-state index contributed by atoms with van der Waals surface area (Å²) in [6.07, 6.45) is 4.50. The smallest absolute Gasteiger partial charge is 0.317 e. The summed E-state index contributed by atoms with van der Waals surface area (Å²) >= 11 is 0. The van der Waals surface area contributed by atoms with Gasteiger partial charge in [0.2, 0.25) is 0 Å². The average Bonchev–Trinajstić information content (AvgIpc) is 3.04. The number of nitrogens with one attached hydrogen (secondary N) is 2. The Hall–Kier alpha value is -0.770. The van der Waals surface area contributed by atoms with Crippen LogP contribution in [-0.2, 0) is 0 Å². The van der Waals surface area contributed by atoms with Crippen LogP contribution in [0, 0.1) is 0 Å². The number of hydrogen-bond acceptors (Lipinski definition) is 2. The Bertz CT molecular complexity index is 222. The van der Waals surface area contributed by atoms with Gasteiger partial charge in [-0.3, -0.25) is 0 Å². The van der Waals surface area contributed by atoms with Crippen LogP contribution in [0.2, 0.25) is 0 Å². The van der Waals surface area contributed by atoms with E-state index in [1.165, 1.54) is 12.8 Å². The molecule has 86 valence electrons. The van der Waals surface area contributed by atoms with Crippen molar-refractivity contribution in [2.75, 3.05) is 19.6 Å². The molecule has 0 aromatic heterocycles. The van der Waals surface area contributed by atoms with Gasteiger partial charge in [0.25, 0.3) is 0 Å². The molecule has 2 rings (SSSR count). The van der Waals surface area contributed by atoms with Crippen LogP contribution >= 0.6 is 0 Å². The maximum Gasteiger partial charge on any atom is 0.317 e. The lowest BCUT2D eigenvalue weighted by atomic mass is 10.1. The van der Waals surface area contributed by atoms with Crippen molar-refractivity contribution in [3.8, 4) is 0 Å². The van der Waals surface area contributed by atoms with E-state index in [0.29, 0.717) is 12.1 Å². The summed E-state index contributed by atoms with van der Waals surface area (Å²) in [6.45, 7) is 4.95. The molecule has 2 N–H and O–H groups in total. The van der Waals surface area contributed by atoms with E-state index in [2.05, 4.69) is 17.6 Å². The third-order valence-electron chi connectivity index (χ3n) is 3.26. The number of amides is 2. The largest absolute Gasteiger partial charge is 0.335 e. The predicted molar refractivity (Wildman–Crippen MR) is 59.8 cm³/mol. The molecule has 1 saturated carbocycles. The first kappa shape index (κ1) is 10.7. The molecule has 2 amide bonds. The normalized spacial score (nSPS) is 22.5. The van der Waals surface area contributed by atoms with Gasteiger partial charge in [-0.25, -0.2) is 4.79 Å². The second-order valence-electron chi connectivity index (χ2n) is 4.49. The van der Waals surface area contributed by atoms with Crippen LogP contribution in [0.4, 0.5) is 4.79 Å². The number of hydrogen-bond donors (Lipinski definition) is 2. The summed E-state index contributed by atoms with van der Waals surface area (Å²) in [6, 6.07) is 1.05. The molecule has 0 radical (unpaired) electrons. The van der Waals surface area contributed by atoms with Crippen LogP contribution in [0.5, 0.6) is 0 Å². The molecule has 0 aromatic carbocycles. The predicted octanol–water partition coefficient (Wildman–Crippen LogP) is 0.932. The molecule has 2 aliphatic rings. The minimum Gasteiger partial charge on any atom is -0.335 e. The SMILES string of the molecule is CCN(C(=O)NC1CCNCC1)C1CC1. The quantitative estimate of drug-likeness (QED) is 0.729. The number of urea groups is 1. The zero-order valence-corrected chi connectivity index (χ0v) is 9.46. The van der Waals surface area contributed by atoms with Crippen molar-refractivity contribution in [2.45, 2.75) is 44.7 Å². The van der Waals surface area contributed by atoms with Gasteiger partial charge in [0.1, 0.15) is 0 Å². The maximum absolute atomic E-state index is 11.9. The molecule has 4 nitrogen and oxygen atoms in total. The molecule has 0 spiro atoms. The van der Waals surface area contributed by atoms with Crippen LogP contribution in [0.15, 0.2) is 0 Å². The Morgan fingerprint density at radius 1 is 1.33 bits per heavy atom. The van der Waals surface area contributed by atoms with Gasteiger partial charge in [0.15, 0.2) is 0 Å². The minimum atomic E-state index is 0.145. The van der Waals surface area contributed by atoms with Crippen LogP contribution in [-0.4, -0.2) is 42.6 Å². The number of piperidine rings is 1.